The highest BCUT2D eigenvalue weighted by molar-refractivity contribution is 6.31. The molecule has 1 aliphatic rings. The Hall–Kier alpha value is -1.91. The normalized spacial score (nSPS) is 16.8. The molecular weight excluding hydrogens is 375 g/mol. The molecule has 1 amide bonds. The minimum Gasteiger partial charge on any atom is -0.349 e. The monoisotopic (exact) mass is 402 g/mol. The van der Waals surface area contributed by atoms with Crippen LogP contribution >= 0.6 is 11.6 Å². The molecule has 1 aliphatic heterocycles. The lowest BCUT2D eigenvalue weighted by molar-refractivity contribution is -0.127. The SMILES string of the molecule is Cc1ccc(C)c([C@H](C)NC(=O)C2CCN(Cc3c(F)cccc3Cl)CC2)c1. The van der Waals surface area contributed by atoms with Crippen molar-refractivity contribution in [3.05, 3.63) is 69.5 Å². The van der Waals surface area contributed by atoms with Gasteiger partial charge in [0.1, 0.15) is 5.82 Å². The van der Waals surface area contributed by atoms with E-state index in [1.807, 2.05) is 6.92 Å². The summed E-state index contributed by atoms with van der Waals surface area (Å²) in [5.41, 5.74) is 4.09. The maximum atomic E-state index is 14.0. The van der Waals surface area contributed by atoms with Gasteiger partial charge in [-0.1, -0.05) is 41.4 Å². The molecule has 2 aromatic carbocycles. The summed E-state index contributed by atoms with van der Waals surface area (Å²) in [6.45, 7) is 8.19. The Labute approximate surface area is 171 Å². The molecule has 0 aromatic heterocycles. The van der Waals surface area contributed by atoms with Crippen molar-refractivity contribution in [1.82, 2.24) is 10.2 Å². The average Bonchev–Trinajstić information content (AvgIpc) is 2.67. The van der Waals surface area contributed by atoms with Crippen LogP contribution < -0.4 is 5.32 Å². The van der Waals surface area contributed by atoms with Gasteiger partial charge in [0.2, 0.25) is 5.91 Å². The molecule has 28 heavy (non-hydrogen) atoms. The van der Waals surface area contributed by atoms with E-state index in [2.05, 4.69) is 42.3 Å². The van der Waals surface area contributed by atoms with E-state index in [0.717, 1.165) is 25.9 Å². The highest BCUT2D eigenvalue weighted by Gasteiger charge is 2.27. The van der Waals surface area contributed by atoms with Crippen LogP contribution in [0.5, 0.6) is 0 Å². The molecule has 0 spiro atoms. The van der Waals surface area contributed by atoms with Crippen LogP contribution in [0.25, 0.3) is 0 Å². The van der Waals surface area contributed by atoms with E-state index < -0.39 is 0 Å². The number of hydrogen-bond acceptors (Lipinski definition) is 2. The summed E-state index contributed by atoms with van der Waals surface area (Å²) in [6, 6.07) is 11.1. The molecule has 1 atom stereocenters. The zero-order chi connectivity index (χ0) is 20.3. The quantitative estimate of drug-likeness (QED) is 0.746. The van der Waals surface area contributed by atoms with Gasteiger partial charge in [-0.25, -0.2) is 4.39 Å². The van der Waals surface area contributed by atoms with Crippen LogP contribution in [-0.2, 0) is 11.3 Å². The van der Waals surface area contributed by atoms with E-state index in [-0.39, 0.29) is 23.7 Å². The van der Waals surface area contributed by atoms with Crippen LogP contribution in [0.3, 0.4) is 0 Å². The average molecular weight is 403 g/mol. The molecule has 1 N–H and O–H groups in total. The van der Waals surface area contributed by atoms with Gasteiger partial charge in [-0.3, -0.25) is 9.69 Å². The number of hydrogen-bond donors (Lipinski definition) is 1. The van der Waals surface area contributed by atoms with E-state index in [0.29, 0.717) is 17.1 Å². The smallest absolute Gasteiger partial charge is 0.223 e. The second-order valence-electron chi connectivity index (χ2n) is 7.84. The molecule has 0 saturated carbocycles. The van der Waals surface area contributed by atoms with Crippen LogP contribution in [-0.4, -0.2) is 23.9 Å². The van der Waals surface area contributed by atoms with Gasteiger partial charge in [0, 0.05) is 23.0 Å². The van der Waals surface area contributed by atoms with Gasteiger partial charge in [-0.2, -0.15) is 0 Å². The van der Waals surface area contributed by atoms with E-state index in [9.17, 15) is 9.18 Å². The number of amides is 1. The first-order chi connectivity index (χ1) is 13.3. The third-order valence-electron chi connectivity index (χ3n) is 5.66. The zero-order valence-corrected chi connectivity index (χ0v) is 17.5. The van der Waals surface area contributed by atoms with Crippen LogP contribution in [0.2, 0.25) is 5.02 Å². The lowest BCUT2D eigenvalue weighted by atomic mass is 9.94. The number of nitrogens with one attached hydrogen (secondary N) is 1. The van der Waals surface area contributed by atoms with Gasteiger partial charge in [0.15, 0.2) is 0 Å². The van der Waals surface area contributed by atoms with Gasteiger partial charge < -0.3 is 5.32 Å². The maximum absolute atomic E-state index is 14.0. The second-order valence-corrected chi connectivity index (χ2v) is 8.25. The fraction of sp³-hybridized carbons (Fsp3) is 0.435. The lowest BCUT2D eigenvalue weighted by Gasteiger charge is -2.32. The summed E-state index contributed by atoms with van der Waals surface area (Å²) in [5.74, 6) is -0.161. The highest BCUT2D eigenvalue weighted by atomic mass is 35.5. The molecule has 1 heterocycles. The number of carbonyl (C=O) groups is 1. The van der Waals surface area contributed by atoms with Gasteiger partial charge in [-0.15, -0.1) is 0 Å². The van der Waals surface area contributed by atoms with E-state index >= 15 is 0 Å². The van der Waals surface area contributed by atoms with Crippen molar-refractivity contribution in [3.63, 3.8) is 0 Å². The summed E-state index contributed by atoms with van der Waals surface area (Å²) < 4.78 is 14.0. The minimum atomic E-state index is -0.269. The number of likely N-dealkylation sites (tertiary alicyclic amines) is 1. The fourth-order valence-electron chi connectivity index (χ4n) is 3.90. The Morgan fingerprint density at radius 2 is 1.96 bits per heavy atom. The summed E-state index contributed by atoms with van der Waals surface area (Å²) in [7, 11) is 0. The van der Waals surface area contributed by atoms with Crippen LogP contribution in [0.1, 0.15) is 48.1 Å². The summed E-state index contributed by atoms with van der Waals surface area (Å²) in [6.07, 6.45) is 1.55. The van der Waals surface area contributed by atoms with Gasteiger partial charge in [0.25, 0.3) is 0 Å². The summed E-state index contributed by atoms with van der Waals surface area (Å²) in [5, 5.41) is 3.64. The molecule has 0 radical (unpaired) electrons. The molecule has 1 fully saturated rings. The summed E-state index contributed by atoms with van der Waals surface area (Å²) in [4.78, 5) is 14.9. The zero-order valence-electron chi connectivity index (χ0n) is 16.8. The number of benzene rings is 2. The minimum absolute atomic E-state index is 0.0000856. The van der Waals surface area contributed by atoms with Gasteiger partial charge >= 0.3 is 0 Å². The molecule has 0 bridgehead atoms. The molecular formula is C23H28ClFN2O. The van der Waals surface area contributed by atoms with Gasteiger partial charge in [-0.05, 0) is 70.0 Å². The first-order valence-corrected chi connectivity index (χ1v) is 10.3. The number of halogens is 2. The molecule has 150 valence electrons. The standard InChI is InChI=1S/C23H28ClFN2O/c1-15-7-8-16(2)19(13-15)17(3)26-23(28)18-9-11-27(12-10-18)14-20-21(24)5-4-6-22(20)25/h4-8,13,17-18H,9-12,14H2,1-3H3,(H,26,28)/t17-/m0/s1. The molecule has 0 aliphatic carbocycles. The van der Waals surface area contributed by atoms with Crippen LogP contribution in [0, 0.1) is 25.6 Å². The van der Waals surface area contributed by atoms with Crippen molar-refractivity contribution in [3.8, 4) is 0 Å². The van der Waals surface area contributed by atoms with Crippen molar-refractivity contribution in [2.75, 3.05) is 13.1 Å². The van der Waals surface area contributed by atoms with Crippen molar-refractivity contribution >= 4 is 17.5 Å². The number of nitrogens with zero attached hydrogens (tertiary/aromatic N) is 1. The Kier molecular flexibility index (Phi) is 6.73. The van der Waals surface area contributed by atoms with Gasteiger partial charge in [0.05, 0.1) is 6.04 Å². The molecule has 2 aromatic rings. The first-order valence-electron chi connectivity index (χ1n) is 9.88. The summed E-state index contributed by atoms with van der Waals surface area (Å²) >= 11 is 6.14. The maximum Gasteiger partial charge on any atom is 0.223 e. The largest absolute Gasteiger partial charge is 0.349 e. The molecule has 3 rings (SSSR count). The molecule has 0 unspecified atom stereocenters. The number of carbonyl (C=O) groups excluding carboxylic acids is 1. The van der Waals surface area contributed by atoms with Crippen LogP contribution in [0.4, 0.5) is 4.39 Å². The topological polar surface area (TPSA) is 32.3 Å². The number of piperidine rings is 1. The third kappa shape index (κ3) is 4.92. The number of rotatable bonds is 5. The Bertz CT molecular complexity index is 826. The van der Waals surface area contributed by atoms with E-state index in [4.69, 9.17) is 11.6 Å². The Morgan fingerprint density at radius 3 is 2.64 bits per heavy atom. The van der Waals surface area contributed by atoms with Crippen molar-refractivity contribution in [2.45, 2.75) is 46.2 Å². The van der Waals surface area contributed by atoms with Crippen molar-refractivity contribution in [1.29, 1.82) is 0 Å². The highest BCUT2D eigenvalue weighted by Crippen LogP contribution is 2.25. The first kappa shape index (κ1) is 20.8. The fourth-order valence-corrected chi connectivity index (χ4v) is 4.12. The van der Waals surface area contributed by atoms with Crippen molar-refractivity contribution < 1.29 is 9.18 Å². The number of aryl methyl sites for hydroxylation is 2. The predicted molar refractivity (Wildman–Crippen MR) is 112 cm³/mol. The lowest BCUT2D eigenvalue weighted by Crippen LogP contribution is -2.41. The van der Waals surface area contributed by atoms with E-state index in [1.54, 1.807) is 12.1 Å². The molecule has 5 heteroatoms. The van der Waals surface area contributed by atoms with E-state index in [1.165, 1.54) is 22.8 Å². The van der Waals surface area contributed by atoms with Crippen molar-refractivity contribution in [2.24, 2.45) is 5.92 Å². The second kappa shape index (κ2) is 9.06. The Balaban J connectivity index is 1.54. The third-order valence-corrected chi connectivity index (χ3v) is 6.02. The Morgan fingerprint density at radius 1 is 1.25 bits per heavy atom. The molecule has 3 nitrogen and oxygen atoms in total. The molecule has 1 saturated heterocycles. The predicted octanol–water partition coefficient (Wildman–Crippen LogP) is 5.19. The van der Waals surface area contributed by atoms with Crippen LogP contribution in [0.15, 0.2) is 36.4 Å².